The molecule has 0 radical (unpaired) electrons. The zero-order chi connectivity index (χ0) is 20.7. The highest BCUT2D eigenvalue weighted by molar-refractivity contribution is 9.10. The van der Waals surface area contributed by atoms with Crippen molar-refractivity contribution in [3.05, 3.63) is 64.4 Å². The Kier molecular flexibility index (Phi) is 8.10. The SMILES string of the molecule is C[C@H](NC(=O)[C@H](O)[C@@H](O)C(=O)N(C)CCc1ccncc1)c1ccc(Br)cc1. The number of aliphatic hydroxyl groups is 2. The Balaban J connectivity index is 1.88. The van der Waals surface area contributed by atoms with Crippen LogP contribution >= 0.6 is 15.9 Å². The van der Waals surface area contributed by atoms with Gasteiger partial charge in [0.05, 0.1) is 6.04 Å². The van der Waals surface area contributed by atoms with E-state index in [1.807, 2.05) is 36.4 Å². The van der Waals surface area contributed by atoms with E-state index >= 15 is 0 Å². The predicted octanol–water partition coefficient (Wildman–Crippen LogP) is 1.44. The van der Waals surface area contributed by atoms with Crippen molar-refractivity contribution >= 4 is 27.7 Å². The molecule has 2 aromatic rings. The number of nitrogens with one attached hydrogen (secondary N) is 1. The Morgan fingerprint density at radius 3 is 2.32 bits per heavy atom. The molecule has 1 heterocycles. The minimum atomic E-state index is -1.85. The van der Waals surface area contributed by atoms with E-state index in [0.29, 0.717) is 13.0 Å². The fraction of sp³-hybridized carbons (Fsp3) is 0.350. The Morgan fingerprint density at radius 1 is 1.11 bits per heavy atom. The number of pyridine rings is 1. The summed E-state index contributed by atoms with van der Waals surface area (Å²) in [5, 5.41) is 22.8. The lowest BCUT2D eigenvalue weighted by atomic mass is 10.1. The van der Waals surface area contributed by atoms with Crippen LogP contribution in [0.15, 0.2) is 53.3 Å². The maximum absolute atomic E-state index is 12.3. The summed E-state index contributed by atoms with van der Waals surface area (Å²) in [5.41, 5.74) is 1.82. The van der Waals surface area contributed by atoms with Crippen molar-refractivity contribution in [1.29, 1.82) is 0 Å². The number of halogens is 1. The lowest BCUT2D eigenvalue weighted by Crippen LogP contribution is -2.50. The van der Waals surface area contributed by atoms with Crippen LogP contribution in [0.2, 0.25) is 0 Å². The van der Waals surface area contributed by atoms with Crippen molar-refractivity contribution < 1.29 is 19.8 Å². The molecule has 1 aromatic heterocycles. The van der Waals surface area contributed by atoms with Gasteiger partial charge in [-0.25, -0.2) is 0 Å². The summed E-state index contributed by atoms with van der Waals surface area (Å²) in [6.45, 7) is 2.09. The molecule has 7 nitrogen and oxygen atoms in total. The van der Waals surface area contributed by atoms with Crippen LogP contribution in [0.1, 0.15) is 24.1 Å². The molecular formula is C20H24BrN3O4. The van der Waals surface area contributed by atoms with Gasteiger partial charge in [0.1, 0.15) is 0 Å². The molecule has 2 amide bonds. The van der Waals surface area contributed by atoms with Gasteiger partial charge in [-0.2, -0.15) is 0 Å². The summed E-state index contributed by atoms with van der Waals surface area (Å²) in [5.74, 6) is -1.52. The van der Waals surface area contributed by atoms with E-state index in [4.69, 9.17) is 0 Å². The second kappa shape index (κ2) is 10.3. The number of carbonyl (C=O) groups is 2. The molecule has 0 bridgehead atoms. The molecule has 0 aliphatic rings. The average molecular weight is 450 g/mol. The first-order chi connectivity index (χ1) is 13.3. The standard InChI is InChI=1S/C20H24BrN3O4/c1-13(15-3-5-16(21)6-4-15)23-19(27)17(25)18(26)20(28)24(2)12-9-14-7-10-22-11-8-14/h3-8,10-11,13,17-18,25-26H,9,12H2,1-2H3,(H,23,27)/t13-,17+,18+/m0/s1. The van der Waals surface area contributed by atoms with Gasteiger partial charge in [0.25, 0.3) is 11.8 Å². The number of carbonyl (C=O) groups excluding carboxylic acids is 2. The van der Waals surface area contributed by atoms with E-state index in [9.17, 15) is 19.8 Å². The molecule has 28 heavy (non-hydrogen) atoms. The molecule has 0 spiro atoms. The molecule has 3 N–H and O–H groups in total. The van der Waals surface area contributed by atoms with Gasteiger partial charge in [0.15, 0.2) is 12.2 Å². The normalized spacial score (nSPS) is 14.0. The predicted molar refractivity (Wildman–Crippen MR) is 108 cm³/mol. The molecule has 0 unspecified atom stereocenters. The van der Waals surface area contributed by atoms with Crippen LogP contribution in [-0.4, -0.2) is 57.7 Å². The molecule has 0 saturated carbocycles. The summed E-state index contributed by atoms with van der Waals surface area (Å²) in [6, 6.07) is 10.6. The van der Waals surface area contributed by atoms with E-state index in [2.05, 4.69) is 26.2 Å². The Morgan fingerprint density at radius 2 is 1.71 bits per heavy atom. The van der Waals surface area contributed by atoms with Crippen LogP contribution < -0.4 is 5.32 Å². The topological polar surface area (TPSA) is 103 Å². The summed E-state index contributed by atoms with van der Waals surface area (Å²) < 4.78 is 0.908. The molecule has 0 aliphatic heterocycles. The average Bonchev–Trinajstić information content (AvgIpc) is 2.71. The number of aliphatic hydroxyl groups excluding tert-OH is 2. The second-order valence-electron chi connectivity index (χ2n) is 6.54. The van der Waals surface area contributed by atoms with E-state index in [1.165, 1.54) is 11.9 Å². The number of nitrogens with zero attached hydrogens (tertiary/aromatic N) is 2. The largest absolute Gasteiger partial charge is 0.380 e. The van der Waals surface area contributed by atoms with Gasteiger partial charge < -0.3 is 20.4 Å². The minimum Gasteiger partial charge on any atom is -0.380 e. The molecule has 0 aliphatic carbocycles. The highest BCUT2D eigenvalue weighted by Gasteiger charge is 2.32. The van der Waals surface area contributed by atoms with Gasteiger partial charge in [0, 0.05) is 30.5 Å². The Bertz CT molecular complexity index is 786. The summed E-state index contributed by atoms with van der Waals surface area (Å²) in [7, 11) is 1.52. The fourth-order valence-corrected chi connectivity index (χ4v) is 2.86. The zero-order valence-electron chi connectivity index (χ0n) is 15.7. The zero-order valence-corrected chi connectivity index (χ0v) is 17.3. The maximum Gasteiger partial charge on any atom is 0.254 e. The van der Waals surface area contributed by atoms with Crippen LogP contribution in [0, 0.1) is 0 Å². The van der Waals surface area contributed by atoms with E-state index in [1.54, 1.807) is 19.3 Å². The Labute approximate surface area is 172 Å². The quantitative estimate of drug-likeness (QED) is 0.565. The van der Waals surface area contributed by atoms with Crippen molar-refractivity contribution in [2.75, 3.05) is 13.6 Å². The molecule has 8 heteroatoms. The van der Waals surface area contributed by atoms with Crippen molar-refractivity contribution in [3.63, 3.8) is 0 Å². The minimum absolute atomic E-state index is 0.337. The third kappa shape index (κ3) is 6.12. The van der Waals surface area contributed by atoms with Crippen molar-refractivity contribution in [3.8, 4) is 0 Å². The summed E-state index contributed by atoms with van der Waals surface area (Å²) in [6.07, 6.45) is 0.202. The number of benzene rings is 1. The molecule has 2 rings (SSSR count). The van der Waals surface area contributed by atoms with Crippen LogP contribution in [-0.2, 0) is 16.0 Å². The van der Waals surface area contributed by atoms with Gasteiger partial charge in [-0.05, 0) is 48.7 Å². The highest BCUT2D eigenvalue weighted by atomic mass is 79.9. The van der Waals surface area contributed by atoms with E-state index < -0.39 is 24.0 Å². The number of amides is 2. The van der Waals surface area contributed by atoms with Gasteiger partial charge in [-0.3, -0.25) is 14.6 Å². The smallest absolute Gasteiger partial charge is 0.254 e. The first kappa shape index (κ1) is 22.0. The Hall–Kier alpha value is -2.29. The van der Waals surface area contributed by atoms with Gasteiger partial charge in [0.2, 0.25) is 0 Å². The molecule has 1 aromatic carbocycles. The third-order valence-corrected chi connectivity index (χ3v) is 4.94. The third-order valence-electron chi connectivity index (χ3n) is 4.41. The van der Waals surface area contributed by atoms with E-state index in [0.717, 1.165) is 15.6 Å². The number of hydrogen-bond acceptors (Lipinski definition) is 5. The van der Waals surface area contributed by atoms with Crippen molar-refractivity contribution in [1.82, 2.24) is 15.2 Å². The van der Waals surface area contributed by atoms with Crippen LogP contribution in [0.3, 0.4) is 0 Å². The molecule has 3 atom stereocenters. The summed E-state index contributed by atoms with van der Waals surface area (Å²) >= 11 is 3.34. The first-order valence-corrected chi connectivity index (χ1v) is 9.64. The molecule has 0 fully saturated rings. The summed E-state index contributed by atoms with van der Waals surface area (Å²) in [4.78, 5) is 29.8. The lowest BCUT2D eigenvalue weighted by molar-refractivity contribution is -0.152. The first-order valence-electron chi connectivity index (χ1n) is 8.85. The van der Waals surface area contributed by atoms with E-state index in [-0.39, 0.29) is 6.04 Å². The molecule has 150 valence electrons. The van der Waals surface area contributed by atoms with Gasteiger partial charge >= 0.3 is 0 Å². The molecule has 0 saturated heterocycles. The second-order valence-corrected chi connectivity index (χ2v) is 7.45. The number of rotatable bonds is 8. The number of hydrogen-bond donors (Lipinski definition) is 3. The highest BCUT2D eigenvalue weighted by Crippen LogP contribution is 2.16. The van der Waals surface area contributed by atoms with Crippen LogP contribution in [0.25, 0.3) is 0 Å². The van der Waals surface area contributed by atoms with Crippen molar-refractivity contribution in [2.45, 2.75) is 31.6 Å². The van der Waals surface area contributed by atoms with Crippen LogP contribution in [0.4, 0.5) is 0 Å². The number of likely N-dealkylation sites (N-methyl/N-ethyl adjacent to an activating group) is 1. The van der Waals surface area contributed by atoms with Gasteiger partial charge in [-0.1, -0.05) is 28.1 Å². The monoisotopic (exact) mass is 449 g/mol. The molecular weight excluding hydrogens is 426 g/mol. The van der Waals surface area contributed by atoms with Crippen molar-refractivity contribution in [2.24, 2.45) is 0 Å². The van der Waals surface area contributed by atoms with Crippen LogP contribution in [0.5, 0.6) is 0 Å². The lowest BCUT2D eigenvalue weighted by Gasteiger charge is -2.24. The fourth-order valence-electron chi connectivity index (χ4n) is 2.59. The number of aromatic nitrogens is 1. The maximum atomic E-state index is 12.3. The van der Waals surface area contributed by atoms with Gasteiger partial charge in [-0.15, -0.1) is 0 Å².